The molecule has 1 aliphatic rings. The van der Waals surface area contributed by atoms with E-state index in [1.54, 1.807) is 6.20 Å². The number of nitrogens with zero attached hydrogens (tertiary/aromatic N) is 1. The van der Waals surface area contributed by atoms with Crippen LogP contribution in [0, 0.1) is 5.92 Å². The van der Waals surface area contributed by atoms with Crippen molar-refractivity contribution in [1.82, 2.24) is 10.3 Å². The van der Waals surface area contributed by atoms with Crippen LogP contribution < -0.4 is 20.7 Å². The molecule has 0 spiro atoms. The number of rotatable bonds is 9. The third-order valence-electron chi connectivity index (χ3n) is 5.22. The van der Waals surface area contributed by atoms with Gasteiger partial charge in [0.25, 0.3) is 0 Å². The second-order valence-electron chi connectivity index (χ2n) is 8.12. The molecule has 32 heavy (non-hydrogen) atoms. The highest BCUT2D eigenvalue weighted by molar-refractivity contribution is 5.80. The Morgan fingerprint density at radius 2 is 1.88 bits per heavy atom. The van der Waals surface area contributed by atoms with Crippen molar-refractivity contribution >= 4 is 35.4 Å². The second kappa shape index (κ2) is 10.0. The molecule has 0 fully saturated rings. The van der Waals surface area contributed by atoms with Gasteiger partial charge in [-0.1, -0.05) is 44.2 Å². The number of fused-ring (bicyclic) bond motifs is 1. The smallest absolute Gasteiger partial charge is 0.146 e. The minimum absolute atomic E-state index is 0.482. The van der Waals surface area contributed by atoms with Crippen LogP contribution in [0.5, 0.6) is 5.75 Å². The molecule has 4 rings (SSSR count). The van der Waals surface area contributed by atoms with Gasteiger partial charge in [-0.05, 0) is 60.5 Å². The summed E-state index contributed by atoms with van der Waals surface area (Å²) in [6.45, 7) is 4.99. The zero-order valence-corrected chi connectivity index (χ0v) is 18.3. The number of anilines is 4. The maximum atomic E-state index is 11.8. The van der Waals surface area contributed by atoms with Crippen LogP contribution in [0.3, 0.4) is 0 Å². The number of carbonyl (C=O) groups excluding carboxylic acids is 1. The van der Waals surface area contributed by atoms with E-state index < -0.39 is 6.04 Å². The lowest BCUT2D eigenvalue weighted by molar-refractivity contribution is -0.109. The third kappa shape index (κ3) is 5.09. The fraction of sp³-hybridized carbons (Fsp3) is 0.231. The number of aromatic nitrogens is 1. The Kier molecular flexibility index (Phi) is 6.70. The summed E-state index contributed by atoms with van der Waals surface area (Å²) in [5, 5.41) is 9.87. The van der Waals surface area contributed by atoms with E-state index in [9.17, 15) is 4.79 Å². The molecule has 0 amide bonds. The number of para-hydroxylation sites is 3. The number of pyridine rings is 1. The Labute approximate surface area is 188 Å². The quantitative estimate of drug-likeness (QED) is 0.374. The molecule has 0 saturated carbocycles. The van der Waals surface area contributed by atoms with E-state index in [4.69, 9.17) is 9.72 Å². The molecule has 0 saturated heterocycles. The number of hydrogen-bond donors (Lipinski definition) is 3. The molecular formula is C26H28N4O2. The molecule has 0 aliphatic carbocycles. The van der Waals surface area contributed by atoms with E-state index in [0.29, 0.717) is 24.2 Å². The van der Waals surface area contributed by atoms with Gasteiger partial charge < -0.3 is 25.5 Å². The number of hydrogen-bond acceptors (Lipinski definition) is 6. The van der Waals surface area contributed by atoms with E-state index in [0.717, 1.165) is 41.0 Å². The summed E-state index contributed by atoms with van der Waals surface area (Å²) >= 11 is 0. The normalized spacial score (nSPS) is 14.4. The van der Waals surface area contributed by atoms with E-state index in [2.05, 4.69) is 29.8 Å². The number of ether oxygens (including phenoxy) is 1. The lowest BCUT2D eigenvalue weighted by Crippen LogP contribution is -2.23. The largest absolute Gasteiger partial charge is 0.491 e. The Balaban J connectivity index is 1.69. The van der Waals surface area contributed by atoms with Crippen LogP contribution in [0.15, 0.2) is 66.9 Å². The van der Waals surface area contributed by atoms with Crippen LogP contribution >= 0.6 is 0 Å². The molecular weight excluding hydrogens is 400 g/mol. The van der Waals surface area contributed by atoms with E-state index in [-0.39, 0.29) is 0 Å². The molecule has 6 nitrogen and oxygen atoms in total. The van der Waals surface area contributed by atoms with Crippen molar-refractivity contribution < 1.29 is 9.53 Å². The van der Waals surface area contributed by atoms with Gasteiger partial charge in [-0.2, -0.15) is 0 Å². The van der Waals surface area contributed by atoms with Gasteiger partial charge in [-0.15, -0.1) is 0 Å². The molecule has 1 atom stereocenters. The first kappa shape index (κ1) is 21.4. The first-order valence-corrected chi connectivity index (χ1v) is 10.9. The van der Waals surface area contributed by atoms with Gasteiger partial charge in [0, 0.05) is 11.3 Å². The molecule has 1 unspecified atom stereocenters. The molecule has 2 heterocycles. The van der Waals surface area contributed by atoms with Crippen LogP contribution in [0.1, 0.15) is 37.4 Å². The summed E-state index contributed by atoms with van der Waals surface area (Å²) in [4.78, 5) is 16.6. The first-order chi connectivity index (χ1) is 15.6. The lowest BCUT2D eigenvalue weighted by Gasteiger charge is -2.24. The Bertz CT molecular complexity index is 1100. The molecule has 3 aromatic rings. The van der Waals surface area contributed by atoms with Crippen molar-refractivity contribution in [2.24, 2.45) is 5.92 Å². The average molecular weight is 429 g/mol. The average Bonchev–Trinajstić information content (AvgIpc) is 2.80. The molecule has 1 aromatic heterocycles. The van der Waals surface area contributed by atoms with Crippen molar-refractivity contribution in [3.8, 4) is 5.75 Å². The van der Waals surface area contributed by atoms with Gasteiger partial charge in [0.2, 0.25) is 0 Å². The van der Waals surface area contributed by atoms with Crippen LogP contribution in [0.2, 0.25) is 0 Å². The molecule has 0 bridgehead atoms. The number of carbonyl (C=O) groups is 1. The Morgan fingerprint density at radius 3 is 2.66 bits per heavy atom. The maximum absolute atomic E-state index is 11.8. The Hall–Kier alpha value is -3.80. The van der Waals surface area contributed by atoms with Gasteiger partial charge in [0.1, 0.15) is 29.7 Å². The topological polar surface area (TPSA) is 75.3 Å². The van der Waals surface area contributed by atoms with Gasteiger partial charge in [0.05, 0.1) is 12.3 Å². The van der Waals surface area contributed by atoms with Crippen molar-refractivity contribution in [3.63, 3.8) is 0 Å². The van der Waals surface area contributed by atoms with Crippen molar-refractivity contribution in [2.75, 3.05) is 17.2 Å². The molecule has 3 N–H and O–H groups in total. The number of benzene rings is 2. The first-order valence-electron chi connectivity index (χ1n) is 10.9. The zero-order chi connectivity index (χ0) is 22.3. The SMILES string of the molecule is CC(C)CCOc1ccccc1Nc1nc(Nc2ccccc2)cc2c1C(C=O)NC=C2. The Morgan fingerprint density at radius 1 is 1.09 bits per heavy atom. The molecule has 6 heteroatoms. The number of nitrogens with one attached hydrogen (secondary N) is 3. The van der Waals surface area contributed by atoms with Gasteiger partial charge >= 0.3 is 0 Å². The standard InChI is InChI=1S/C26H28N4O2/c1-18(2)13-15-32-23-11-7-6-10-21(23)29-26-25-19(12-14-27-22(25)17-31)16-24(30-26)28-20-8-4-3-5-9-20/h3-12,14,16-18,22,27H,13,15H2,1-2H3,(H2,28,29,30). The third-order valence-corrected chi connectivity index (χ3v) is 5.22. The summed E-state index contributed by atoms with van der Waals surface area (Å²) in [7, 11) is 0. The summed E-state index contributed by atoms with van der Waals surface area (Å²) in [5.41, 5.74) is 3.48. The monoisotopic (exact) mass is 428 g/mol. The van der Waals surface area contributed by atoms with Crippen molar-refractivity contribution in [1.29, 1.82) is 0 Å². The predicted molar refractivity (Wildman–Crippen MR) is 130 cm³/mol. The van der Waals surface area contributed by atoms with E-state index in [1.807, 2.05) is 66.7 Å². The number of aldehydes is 1. The molecule has 0 radical (unpaired) electrons. The summed E-state index contributed by atoms with van der Waals surface area (Å²) < 4.78 is 6.04. The minimum Gasteiger partial charge on any atom is -0.491 e. The predicted octanol–water partition coefficient (Wildman–Crippen LogP) is 5.81. The van der Waals surface area contributed by atoms with E-state index in [1.165, 1.54) is 0 Å². The maximum Gasteiger partial charge on any atom is 0.146 e. The summed E-state index contributed by atoms with van der Waals surface area (Å²) in [6, 6.07) is 19.1. The summed E-state index contributed by atoms with van der Waals surface area (Å²) in [6.07, 6.45) is 5.61. The van der Waals surface area contributed by atoms with Crippen LogP contribution in [-0.4, -0.2) is 17.9 Å². The molecule has 1 aliphatic heterocycles. The minimum atomic E-state index is -0.482. The molecule has 2 aromatic carbocycles. The molecule has 164 valence electrons. The highest BCUT2D eigenvalue weighted by Gasteiger charge is 2.23. The van der Waals surface area contributed by atoms with Crippen LogP contribution in [0.25, 0.3) is 6.08 Å². The van der Waals surface area contributed by atoms with Crippen LogP contribution in [0.4, 0.5) is 23.0 Å². The highest BCUT2D eigenvalue weighted by atomic mass is 16.5. The fourth-order valence-electron chi connectivity index (χ4n) is 3.53. The second-order valence-corrected chi connectivity index (χ2v) is 8.12. The van der Waals surface area contributed by atoms with Crippen molar-refractivity contribution in [3.05, 3.63) is 78.0 Å². The van der Waals surface area contributed by atoms with Gasteiger partial charge in [-0.25, -0.2) is 4.98 Å². The van der Waals surface area contributed by atoms with Crippen LogP contribution in [-0.2, 0) is 4.79 Å². The van der Waals surface area contributed by atoms with Gasteiger partial charge in [-0.3, -0.25) is 0 Å². The lowest BCUT2D eigenvalue weighted by atomic mass is 9.99. The highest BCUT2D eigenvalue weighted by Crippen LogP contribution is 2.35. The van der Waals surface area contributed by atoms with Crippen molar-refractivity contribution in [2.45, 2.75) is 26.3 Å². The zero-order valence-electron chi connectivity index (χ0n) is 18.3. The summed E-state index contributed by atoms with van der Waals surface area (Å²) in [5.74, 6) is 2.62. The van der Waals surface area contributed by atoms with E-state index >= 15 is 0 Å². The van der Waals surface area contributed by atoms with Gasteiger partial charge in [0.15, 0.2) is 0 Å². The fourth-order valence-corrected chi connectivity index (χ4v) is 3.53.